The van der Waals surface area contributed by atoms with E-state index >= 15 is 0 Å². The Balaban J connectivity index is -0.000000101. The van der Waals surface area contributed by atoms with Crippen molar-refractivity contribution in [3.8, 4) is 0 Å². The third-order valence-electron chi connectivity index (χ3n) is 1.31. The van der Waals surface area contributed by atoms with Crippen LogP contribution in [0.4, 0.5) is 0 Å². The van der Waals surface area contributed by atoms with Crippen LogP contribution in [0.5, 0.6) is 0 Å². The molecule has 0 aliphatic heterocycles. The molecule has 1 N–H and O–H groups in total. The van der Waals surface area contributed by atoms with Crippen molar-refractivity contribution in [1.82, 2.24) is 9.97 Å². The maximum atomic E-state index is 3.93. The molecule has 0 aliphatic rings. The summed E-state index contributed by atoms with van der Waals surface area (Å²) in [4.78, 5) is 7.00. The Morgan fingerprint density at radius 1 is 1.23 bits per heavy atom. The molecule has 1 aromatic rings. The van der Waals surface area contributed by atoms with E-state index in [-0.39, 0.29) is 79.1 Å². The smallest absolute Gasteiger partial charge is 0.358 e. The van der Waals surface area contributed by atoms with E-state index in [1.165, 1.54) is 5.69 Å². The number of aromatic amines is 1. The van der Waals surface area contributed by atoms with Gasteiger partial charge in [0.1, 0.15) is 0 Å². The van der Waals surface area contributed by atoms with Crippen LogP contribution in [0.15, 0.2) is 12.5 Å². The molecule has 0 unspecified atom stereocenters. The van der Waals surface area contributed by atoms with Crippen molar-refractivity contribution in [2.45, 2.75) is 33.6 Å². The van der Waals surface area contributed by atoms with Gasteiger partial charge in [0.05, 0.1) is 6.33 Å². The first kappa shape index (κ1) is 23.6. The van der Waals surface area contributed by atoms with Crippen molar-refractivity contribution in [3.05, 3.63) is 33.1 Å². The van der Waals surface area contributed by atoms with Gasteiger partial charge in [-0.15, -0.1) is 0 Å². The third-order valence-corrected chi connectivity index (χ3v) is 1.31. The molecule has 0 bridgehead atoms. The van der Waals surface area contributed by atoms with Crippen molar-refractivity contribution in [2.75, 3.05) is 0 Å². The molecule has 0 saturated carbocycles. The Labute approximate surface area is 126 Å². The van der Waals surface area contributed by atoms with E-state index in [1.807, 2.05) is 6.20 Å². The largest absolute Gasteiger partial charge is 1.00 e. The third kappa shape index (κ3) is 7.88. The molecular formula is C10H22KN2-. The van der Waals surface area contributed by atoms with Gasteiger partial charge in [0.25, 0.3) is 0 Å². The second kappa shape index (κ2) is 9.40. The van der Waals surface area contributed by atoms with Crippen LogP contribution < -0.4 is 51.4 Å². The fourth-order valence-corrected chi connectivity index (χ4v) is 0.666. The number of rotatable bonds is 0. The van der Waals surface area contributed by atoms with Crippen molar-refractivity contribution in [2.24, 2.45) is 0 Å². The Bertz CT molecular complexity index is 175. The summed E-state index contributed by atoms with van der Waals surface area (Å²) in [5.74, 6) is 0. The molecule has 0 aliphatic carbocycles. The molecule has 0 amide bonds. The zero-order valence-electron chi connectivity index (χ0n) is 9.10. The maximum absolute atomic E-state index is 3.93. The summed E-state index contributed by atoms with van der Waals surface area (Å²) >= 11 is 0. The molecule has 0 radical (unpaired) electrons. The predicted octanol–water partition coefficient (Wildman–Crippen LogP) is 0.248. The van der Waals surface area contributed by atoms with Gasteiger partial charge >= 0.3 is 51.4 Å². The molecule has 74 valence electrons. The summed E-state index contributed by atoms with van der Waals surface area (Å²) in [6.45, 7) is 6.46. The first-order chi connectivity index (χ1) is 4.11. The Hall–Kier alpha value is 0.846. The predicted molar refractivity (Wildman–Crippen MR) is 56.8 cm³/mol. The van der Waals surface area contributed by atoms with Gasteiger partial charge in [-0.2, -0.15) is 0 Å². The summed E-state index contributed by atoms with van der Waals surface area (Å²) in [6.07, 6.45) is 3.57. The molecule has 3 heteroatoms. The van der Waals surface area contributed by atoms with Crippen molar-refractivity contribution in [3.63, 3.8) is 0 Å². The fraction of sp³-hybridized carbons (Fsp3) is 0.500. The van der Waals surface area contributed by atoms with E-state index in [0.717, 1.165) is 0 Å². The maximum Gasteiger partial charge on any atom is 1.00 e. The Morgan fingerprint density at radius 3 is 1.85 bits per heavy atom. The first-order valence-corrected chi connectivity index (χ1v) is 3.09. The summed E-state index contributed by atoms with van der Waals surface area (Å²) in [5, 5.41) is 0. The van der Waals surface area contributed by atoms with Crippen molar-refractivity contribution >= 4 is 0 Å². The van der Waals surface area contributed by atoms with E-state index in [0.29, 0.717) is 0 Å². The molecule has 0 aromatic carbocycles. The standard InChI is InChI=1S/C7H12N2.CH4.2CH3.K/c1-7(2,3)6-4-8-5-9-6;;;;/h4-5H,1-3H3,(H,8,9);1H4;2*1H3;/q;;2*-1;+1. The van der Waals surface area contributed by atoms with Crippen LogP contribution in [0.3, 0.4) is 0 Å². The minimum absolute atomic E-state index is 0. The zero-order valence-corrected chi connectivity index (χ0v) is 12.2. The number of hydrogen-bond donors (Lipinski definition) is 1. The van der Waals surface area contributed by atoms with Crippen LogP contribution in [0.1, 0.15) is 33.9 Å². The van der Waals surface area contributed by atoms with Gasteiger partial charge in [-0.05, 0) is 0 Å². The van der Waals surface area contributed by atoms with Crippen LogP contribution in [0, 0.1) is 14.9 Å². The minimum Gasteiger partial charge on any atom is -0.358 e. The summed E-state index contributed by atoms with van der Waals surface area (Å²) < 4.78 is 0. The average Bonchev–Trinajstić information content (AvgIpc) is 2.08. The fourth-order valence-electron chi connectivity index (χ4n) is 0.666. The quantitative estimate of drug-likeness (QED) is 0.481. The summed E-state index contributed by atoms with van der Waals surface area (Å²) in [7, 11) is 0. The van der Waals surface area contributed by atoms with E-state index in [9.17, 15) is 0 Å². The van der Waals surface area contributed by atoms with Gasteiger partial charge in [-0.1, -0.05) is 28.2 Å². The summed E-state index contributed by atoms with van der Waals surface area (Å²) in [5.41, 5.74) is 1.39. The van der Waals surface area contributed by atoms with E-state index < -0.39 is 0 Å². The molecule has 1 aromatic heterocycles. The van der Waals surface area contributed by atoms with Crippen LogP contribution in [-0.2, 0) is 5.41 Å². The monoisotopic (exact) mass is 209 g/mol. The number of nitrogens with one attached hydrogen (secondary N) is 1. The first-order valence-electron chi connectivity index (χ1n) is 3.09. The van der Waals surface area contributed by atoms with Crippen molar-refractivity contribution in [1.29, 1.82) is 0 Å². The van der Waals surface area contributed by atoms with Crippen LogP contribution in [-0.4, -0.2) is 9.97 Å². The van der Waals surface area contributed by atoms with Gasteiger partial charge in [0.2, 0.25) is 0 Å². The molecule has 0 atom stereocenters. The number of imidazole rings is 1. The topological polar surface area (TPSA) is 28.7 Å². The zero-order chi connectivity index (χ0) is 6.91. The van der Waals surface area contributed by atoms with E-state index in [1.54, 1.807) is 6.33 Å². The van der Waals surface area contributed by atoms with Crippen LogP contribution in [0.25, 0.3) is 0 Å². The number of aromatic nitrogens is 2. The second-order valence-corrected chi connectivity index (χ2v) is 3.22. The normalized spacial score (nSPS) is 8.23. The molecule has 1 rings (SSSR count). The molecular weight excluding hydrogens is 187 g/mol. The number of H-pyrrole nitrogens is 1. The summed E-state index contributed by atoms with van der Waals surface area (Å²) in [6, 6.07) is 0. The second-order valence-electron chi connectivity index (χ2n) is 3.22. The van der Waals surface area contributed by atoms with Gasteiger partial charge < -0.3 is 19.8 Å². The molecule has 1 heterocycles. The van der Waals surface area contributed by atoms with E-state index in [2.05, 4.69) is 30.7 Å². The van der Waals surface area contributed by atoms with Crippen LogP contribution >= 0.6 is 0 Å². The van der Waals surface area contributed by atoms with Gasteiger partial charge in [0, 0.05) is 17.3 Å². The number of nitrogens with zero attached hydrogens (tertiary/aromatic N) is 1. The minimum atomic E-state index is 0. The molecule has 0 saturated heterocycles. The molecule has 2 nitrogen and oxygen atoms in total. The SMILES string of the molecule is C.CC(C)(C)c1cnc[nH]1.[CH3-].[CH3-].[K+]. The van der Waals surface area contributed by atoms with Gasteiger partial charge in [-0.3, -0.25) is 0 Å². The molecule has 0 fully saturated rings. The van der Waals surface area contributed by atoms with Crippen molar-refractivity contribution < 1.29 is 51.4 Å². The van der Waals surface area contributed by atoms with Gasteiger partial charge in [-0.25, -0.2) is 4.98 Å². The molecule has 13 heavy (non-hydrogen) atoms. The Morgan fingerprint density at radius 2 is 1.69 bits per heavy atom. The molecule has 0 spiro atoms. The average molecular weight is 209 g/mol. The van der Waals surface area contributed by atoms with E-state index in [4.69, 9.17) is 0 Å². The Kier molecular flexibility index (Phi) is 17.0. The number of hydrogen-bond acceptors (Lipinski definition) is 1. The van der Waals surface area contributed by atoms with Crippen LogP contribution in [0.2, 0.25) is 0 Å². The van der Waals surface area contributed by atoms with Gasteiger partial charge in [0.15, 0.2) is 0 Å².